The Balaban J connectivity index is 2.48. The number of fused-ring (bicyclic) bond motifs is 1. The van der Waals surface area contributed by atoms with Crippen LogP contribution in [0.5, 0.6) is 5.75 Å². The molecule has 0 bridgehead atoms. The van der Waals surface area contributed by atoms with E-state index in [9.17, 15) is 5.11 Å². The molecule has 1 aromatic heterocycles. The second-order valence-electron chi connectivity index (χ2n) is 3.90. The molecule has 1 aromatic carbocycles. The second-order valence-corrected chi connectivity index (χ2v) is 3.90. The van der Waals surface area contributed by atoms with Crippen LogP contribution in [0.4, 0.5) is 0 Å². The lowest BCUT2D eigenvalue weighted by atomic mass is 10.2. The van der Waals surface area contributed by atoms with E-state index in [1.807, 2.05) is 12.1 Å². The monoisotopic (exact) mass is 218 g/mol. The van der Waals surface area contributed by atoms with Gasteiger partial charge >= 0.3 is 0 Å². The molecular weight excluding hydrogens is 200 g/mol. The van der Waals surface area contributed by atoms with Crippen molar-refractivity contribution in [3.05, 3.63) is 30.0 Å². The van der Waals surface area contributed by atoms with Crippen molar-refractivity contribution in [1.29, 1.82) is 0 Å². The highest BCUT2D eigenvalue weighted by Crippen LogP contribution is 2.23. The molecule has 1 heterocycles. The number of phenolic OH excluding ortho intramolecular Hbond substituents is 1. The van der Waals surface area contributed by atoms with Gasteiger partial charge in [-0.3, -0.25) is 0 Å². The molecule has 3 heteroatoms. The summed E-state index contributed by atoms with van der Waals surface area (Å²) in [6.45, 7) is 7.04. The van der Waals surface area contributed by atoms with Crippen molar-refractivity contribution in [2.75, 3.05) is 6.54 Å². The Hall–Kier alpha value is -1.48. The molecule has 0 aliphatic rings. The van der Waals surface area contributed by atoms with Crippen LogP contribution in [-0.4, -0.2) is 16.2 Å². The van der Waals surface area contributed by atoms with E-state index in [4.69, 9.17) is 0 Å². The van der Waals surface area contributed by atoms with Crippen molar-refractivity contribution >= 4 is 10.9 Å². The minimum absolute atomic E-state index is 0.329. The molecule has 0 fully saturated rings. The number of phenols is 1. The number of nitrogens with one attached hydrogen (secondary N) is 1. The average Bonchev–Trinajstić information content (AvgIpc) is 2.62. The summed E-state index contributed by atoms with van der Waals surface area (Å²) >= 11 is 0. The van der Waals surface area contributed by atoms with Crippen LogP contribution in [0.25, 0.3) is 10.9 Å². The highest BCUT2D eigenvalue weighted by Gasteiger charge is 2.07. The summed E-state index contributed by atoms with van der Waals surface area (Å²) in [5, 5.41) is 13.9. The molecule has 2 rings (SSSR count). The molecule has 86 valence electrons. The maximum atomic E-state index is 9.45. The van der Waals surface area contributed by atoms with Crippen LogP contribution in [0.1, 0.15) is 19.5 Å². The van der Waals surface area contributed by atoms with Gasteiger partial charge in [-0.15, -0.1) is 0 Å². The van der Waals surface area contributed by atoms with Crippen molar-refractivity contribution in [3.63, 3.8) is 0 Å². The molecule has 2 aromatic rings. The van der Waals surface area contributed by atoms with E-state index in [2.05, 4.69) is 29.8 Å². The molecule has 3 nitrogen and oxygen atoms in total. The van der Waals surface area contributed by atoms with Gasteiger partial charge in [0.1, 0.15) is 5.75 Å². The van der Waals surface area contributed by atoms with Crippen molar-refractivity contribution in [3.8, 4) is 5.75 Å². The Labute approximate surface area is 95.7 Å². The Morgan fingerprint density at radius 3 is 2.75 bits per heavy atom. The number of hydrogen-bond donors (Lipinski definition) is 2. The van der Waals surface area contributed by atoms with E-state index < -0.39 is 0 Å². The number of aromatic nitrogens is 1. The van der Waals surface area contributed by atoms with Gasteiger partial charge in [-0.05, 0) is 37.7 Å². The quantitative estimate of drug-likeness (QED) is 0.827. The van der Waals surface area contributed by atoms with E-state index in [1.54, 1.807) is 6.07 Å². The smallest absolute Gasteiger partial charge is 0.116 e. The number of nitrogens with zero attached hydrogens (tertiary/aromatic N) is 1. The fourth-order valence-electron chi connectivity index (χ4n) is 2.09. The molecule has 0 aliphatic heterocycles. The van der Waals surface area contributed by atoms with Gasteiger partial charge in [0.15, 0.2) is 0 Å². The summed E-state index contributed by atoms with van der Waals surface area (Å²) in [5.74, 6) is 0.329. The minimum Gasteiger partial charge on any atom is -0.508 e. The number of aryl methyl sites for hydroxylation is 1. The Morgan fingerprint density at radius 2 is 2.06 bits per heavy atom. The summed E-state index contributed by atoms with van der Waals surface area (Å²) in [7, 11) is 0. The van der Waals surface area contributed by atoms with Crippen LogP contribution in [0, 0.1) is 0 Å². The first-order chi connectivity index (χ1) is 7.76. The summed E-state index contributed by atoms with van der Waals surface area (Å²) in [4.78, 5) is 0. The third kappa shape index (κ3) is 1.91. The zero-order valence-corrected chi connectivity index (χ0v) is 9.83. The topological polar surface area (TPSA) is 37.2 Å². The molecule has 0 aliphatic carbocycles. The van der Waals surface area contributed by atoms with Gasteiger partial charge in [0.05, 0.1) is 0 Å². The number of hydrogen-bond acceptors (Lipinski definition) is 2. The van der Waals surface area contributed by atoms with Crippen LogP contribution in [0.15, 0.2) is 24.3 Å². The maximum absolute atomic E-state index is 9.45. The molecule has 2 N–H and O–H groups in total. The standard InChI is InChI=1S/C13H18N2O/c1-3-14-9-11-7-10-8-12(16)5-6-13(10)15(11)4-2/h5-8,14,16H,3-4,9H2,1-2H3. The first kappa shape index (κ1) is 11.0. The zero-order chi connectivity index (χ0) is 11.5. The third-order valence-corrected chi connectivity index (χ3v) is 2.84. The molecule has 0 spiro atoms. The van der Waals surface area contributed by atoms with Crippen LogP contribution in [0.3, 0.4) is 0 Å². The predicted molar refractivity (Wildman–Crippen MR) is 66.7 cm³/mol. The minimum atomic E-state index is 0.329. The van der Waals surface area contributed by atoms with Gasteiger partial charge in [-0.1, -0.05) is 6.92 Å². The van der Waals surface area contributed by atoms with Gasteiger partial charge in [0.2, 0.25) is 0 Å². The maximum Gasteiger partial charge on any atom is 0.116 e. The SMILES string of the molecule is CCNCc1cc2cc(O)ccc2n1CC. The highest BCUT2D eigenvalue weighted by atomic mass is 16.3. The normalized spacial score (nSPS) is 11.1. The highest BCUT2D eigenvalue weighted by molar-refractivity contribution is 5.82. The number of rotatable bonds is 4. The largest absolute Gasteiger partial charge is 0.508 e. The zero-order valence-electron chi connectivity index (χ0n) is 9.83. The van der Waals surface area contributed by atoms with Gasteiger partial charge in [-0.25, -0.2) is 0 Å². The van der Waals surface area contributed by atoms with Gasteiger partial charge in [0.25, 0.3) is 0 Å². The molecule has 0 atom stereocenters. The molecule has 0 unspecified atom stereocenters. The Kier molecular flexibility index (Phi) is 3.15. The lowest BCUT2D eigenvalue weighted by Crippen LogP contribution is -2.14. The molecule has 0 saturated carbocycles. The molecule has 16 heavy (non-hydrogen) atoms. The fourth-order valence-corrected chi connectivity index (χ4v) is 2.09. The van der Waals surface area contributed by atoms with E-state index in [0.717, 1.165) is 25.0 Å². The van der Waals surface area contributed by atoms with Gasteiger partial charge in [-0.2, -0.15) is 0 Å². The van der Waals surface area contributed by atoms with Crippen LogP contribution >= 0.6 is 0 Å². The van der Waals surface area contributed by atoms with Crippen molar-refractivity contribution in [1.82, 2.24) is 9.88 Å². The first-order valence-corrected chi connectivity index (χ1v) is 5.78. The van der Waals surface area contributed by atoms with Crippen molar-refractivity contribution in [2.45, 2.75) is 26.9 Å². The van der Waals surface area contributed by atoms with Crippen LogP contribution in [0.2, 0.25) is 0 Å². The number of benzene rings is 1. The second kappa shape index (κ2) is 4.58. The summed E-state index contributed by atoms with van der Waals surface area (Å²) < 4.78 is 2.28. The molecule has 0 amide bonds. The molecule has 0 saturated heterocycles. The Bertz CT molecular complexity index is 488. The average molecular weight is 218 g/mol. The first-order valence-electron chi connectivity index (χ1n) is 5.78. The van der Waals surface area contributed by atoms with Crippen LogP contribution < -0.4 is 5.32 Å². The van der Waals surface area contributed by atoms with Gasteiger partial charge < -0.3 is 15.0 Å². The third-order valence-electron chi connectivity index (χ3n) is 2.84. The predicted octanol–water partition coefficient (Wildman–Crippen LogP) is 2.48. The lowest BCUT2D eigenvalue weighted by molar-refractivity contribution is 0.476. The molecular formula is C13H18N2O. The van der Waals surface area contributed by atoms with E-state index in [1.165, 1.54) is 11.2 Å². The van der Waals surface area contributed by atoms with Gasteiger partial charge in [0, 0.05) is 29.7 Å². The fraction of sp³-hybridized carbons (Fsp3) is 0.385. The number of aromatic hydroxyl groups is 1. The molecule has 0 radical (unpaired) electrons. The van der Waals surface area contributed by atoms with E-state index in [0.29, 0.717) is 5.75 Å². The Morgan fingerprint density at radius 1 is 1.25 bits per heavy atom. The van der Waals surface area contributed by atoms with Crippen LogP contribution in [-0.2, 0) is 13.1 Å². The van der Waals surface area contributed by atoms with E-state index in [-0.39, 0.29) is 0 Å². The van der Waals surface area contributed by atoms with Crippen molar-refractivity contribution in [2.24, 2.45) is 0 Å². The lowest BCUT2D eigenvalue weighted by Gasteiger charge is -2.07. The summed E-state index contributed by atoms with van der Waals surface area (Å²) in [6.07, 6.45) is 0. The van der Waals surface area contributed by atoms with E-state index >= 15 is 0 Å². The van der Waals surface area contributed by atoms with Crippen molar-refractivity contribution < 1.29 is 5.11 Å². The summed E-state index contributed by atoms with van der Waals surface area (Å²) in [6, 6.07) is 7.67. The summed E-state index contributed by atoms with van der Waals surface area (Å²) in [5.41, 5.74) is 2.46.